The van der Waals surface area contributed by atoms with Gasteiger partial charge in [0.05, 0.1) is 6.04 Å². The summed E-state index contributed by atoms with van der Waals surface area (Å²) < 4.78 is 1.21. The number of phenolic OH excluding ortho intramolecular Hbond substituents is 1. The Morgan fingerprint density at radius 1 is 1.11 bits per heavy atom. The molecule has 1 atom stereocenters. The minimum absolute atomic E-state index is 0.0747. The summed E-state index contributed by atoms with van der Waals surface area (Å²) in [6.07, 6.45) is 0. The highest BCUT2D eigenvalue weighted by atomic mass is 127. The second kappa shape index (κ2) is 5.61. The smallest absolute Gasteiger partial charge is 0.121 e. The number of phenols is 1. The van der Waals surface area contributed by atoms with Crippen LogP contribution in [0.2, 0.25) is 0 Å². The van der Waals surface area contributed by atoms with Crippen LogP contribution in [0.5, 0.6) is 5.75 Å². The number of anilines is 1. The Labute approximate surface area is 121 Å². The molecule has 2 aromatic carbocycles. The first-order chi connectivity index (χ1) is 8.56. The van der Waals surface area contributed by atoms with E-state index in [-0.39, 0.29) is 6.04 Å². The Hall–Kier alpha value is -1.23. The fourth-order valence-corrected chi connectivity index (χ4v) is 2.25. The molecule has 2 nitrogen and oxygen atoms in total. The van der Waals surface area contributed by atoms with Crippen molar-refractivity contribution >= 4 is 28.3 Å². The topological polar surface area (TPSA) is 32.3 Å². The monoisotopic (exact) mass is 353 g/mol. The Morgan fingerprint density at radius 2 is 1.78 bits per heavy atom. The SMILES string of the molecule is Cc1ccc(C(C)Nc2ccc(I)cc2)c(O)c1. The van der Waals surface area contributed by atoms with Gasteiger partial charge in [-0.05, 0) is 72.3 Å². The van der Waals surface area contributed by atoms with E-state index in [9.17, 15) is 5.11 Å². The predicted octanol–water partition coefficient (Wildman–Crippen LogP) is 4.48. The minimum Gasteiger partial charge on any atom is -0.508 e. The lowest BCUT2D eigenvalue weighted by Gasteiger charge is -2.17. The fourth-order valence-electron chi connectivity index (χ4n) is 1.89. The van der Waals surface area contributed by atoms with Crippen molar-refractivity contribution in [3.05, 3.63) is 57.2 Å². The van der Waals surface area contributed by atoms with E-state index in [0.29, 0.717) is 5.75 Å². The molecule has 2 aromatic rings. The molecule has 0 saturated carbocycles. The zero-order valence-corrected chi connectivity index (χ0v) is 12.6. The lowest BCUT2D eigenvalue weighted by molar-refractivity contribution is 0.465. The van der Waals surface area contributed by atoms with E-state index < -0.39 is 0 Å². The van der Waals surface area contributed by atoms with Crippen molar-refractivity contribution in [1.82, 2.24) is 0 Å². The lowest BCUT2D eigenvalue weighted by Crippen LogP contribution is -2.06. The standard InChI is InChI=1S/C15H16INO/c1-10-3-8-14(15(18)9-10)11(2)17-13-6-4-12(16)5-7-13/h3-9,11,17-18H,1-2H3. The van der Waals surface area contributed by atoms with Crippen LogP contribution in [0, 0.1) is 10.5 Å². The van der Waals surface area contributed by atoms with Crippen LogP contribution in [0.25, 0.3) is 0 Å². The van der Waals surface area contributed by atoms with E-state index in [1.807, 2.05) is 38.1 Å². The largest absolute Gasteiger partial charge is 0.508 e. The summed E-state index contributed by atoms with van der Waals surface area (Å²) in [7, 11) is 0. The van der Waals surface area contributed by atoms with Gasteiger partial charge in [0.1, 0.15) is 5.75 Å². The molecule has 0 bridgehead atoms. The molecule has 0 aliphatic rings. The average Bonchev–Trinajstić information content (AvgIpc) is 2.32. The Morgan fingerprint density at radius 3 is 2.39 bits per heavy atom. The van der Waals surface area contributed by atoms with Crippen molar-refractivity contribution in [2.45, 2.75) is 19.9 Å². The van der Waals surface area contributed by atoms with Crippen molar-refractivity contribution in [1.29, 1.82) is 0 Å². The van der Waals surface area contributed by atoms with Gasteiger partial charge in [0.2, 0.25) is 0 Å². The second-order valence-electron chi connectivity index (χ2n) is 4.44. The first-order valence-corrected chi connectivity index (χ1v) is 6.96. The van der Waals surface area contributed by atoms with Crippen LogP contribution in [0.3, 0.4) is 0 Å². The predicted molar refractivity (Wildman–Crippen MR) is 84.0 cm³/mol. The third kappa shape index (κ3) is 3.16. The van der Waals surface area contributed by atoms with E-state index in [4.69, 9.17) is 0 Å². The summed E-state index contributed by atoms with van der Waals surface area (Å²) in [4.78, 5) is 0. The van der Waals surface area contributed by atoms with E-state index in [2.05, 4.69) is 40.0 Å². The number of benzene rings is 2. The first-order valence-electron chi connectivity index (χ1n) is 5.88. The molecule has 0 aliphatic heterocycles. The Kier molecular flexibility index (Phi) is 4.11. The van der Waals surface area contributed by atoms with Gasteiger partial charge >= 0.3 is 0 Å². The molecule has 3 heteroatoms. The van der Waals surface area contributed by atoms with Crippen LogP contribution in [0.15, 0.2) is 42.5 Å². The second-order valence-corrected chi connectivity index (χ2v) is 5.68. The van der Waals surface area contributed by atoms with Crippen LogP contribution in [-0.4, -0.2) is 5.11 Å². The maximum atomic E-state index is 9.94. The van der Waals surface area contributed by atoms with Crippen molar-refractivity contribution in [3.63, 3.8) is 0 Å². The van der Waals surface area contributed by atoms with Crippen LogP contribution < -0.4 is 5.32 Å². The zero-order chi connectivity index (χ0) is 13.1. The Bertz CT molecular complexity index is 537. The summed E-state index contributed by atoms with van der Waals surface area (Å²) in [5.74, 6) is 0.348. The summed E-state index contributed by atoms with van der Waals surface area (Å²) in [5.41, 5.74) is 3.04. The molecule has 0 heterocycles. The highest BCUT2D eigenvalue weighted by molar-refractivity contribution is 14.1. The molecule has 0 aromatic heterocycles. The molecule has 0 amide bonds. The number of hydrogen-bond acceptors (Lipinski definition) is 2. The molecule has 0 aliphatic carbocycles. The normalized spacial score (nSPS) is 12.2. The highest BCUT2D eigenvalue weighted by Gasteiger charge is 2.10. The summed E-state index contributed by atoms with van der Waals surface area (Å²) >= 11 is 2.28. The van der Waals surface area contributed by atoms with Crippen molar-refractivity contribution in [3.8, 4) is 5.75 Å². The van der Waals surface area contributed by atoms with E-state index in [1.165, 1.54) is 3.57 Å². The van der Waals surface area contributed by atoms with Crippen molar-refractivity contribution in [2.24, 2.45) is 0 Å². The van der Waals surface area contributed by atoms with Gasteiger partial charge in [-0.3, -0.25) is 0 Å². The van der Waals surface area contributed by atoms with E-state index in [1.54, 1.807) is 6.07 Å². The third-order valence-electron chi connectivity index (χ3n) is 2.88. The van der Waals surface area contributed by atoms with Crippen LogP contribution in [0.4, 0.5) is 5.69 Å². The van der Waals surface area contributed by atoms with Gasteiger partial charge in [-0.25, -0.2) is 0 Å². The third-order valence-corrected chi connectivity index (χ3v) is 3.60. The number of aryl methyl sites for hydroxylation is 1. The van der Waals surface area contributed by atoms with E-state index in [0.717, 1.165) is 16.8 Å². The zero-order valence-electron chi connectivity index (χ0n) is 10.4. The van der Waals surface area contributed by atoms with Crippen LogP contribution in [-0.2, 0) is 0 Å². The molecule has 0 saturated heterocycles. The molecule has 0 fully saturated rings. The molecule has 2 rings (SSSR count). The van der Waals surface area contributed by atoms with Gasteiger partial charge in [0, 0.05) is 14.8 Å². The lowest BCUT2D eigenvalue weighted by atomic mass is 10.0. The Balaban J connectivity index is 2.16. The number of rotatable bonds is 3. The average molecular weight is 353 g/mol. The number of aromatic hydroxyl groups is 1. The van der Waals surface area contributed by atoms with Gasteiger partial charge in [-0.15, -0.1) is 0 Å². The van der Waals surface area contributed by atoms with Gasteiger partial charge in [-0.1, -0.05) is 12.1 Å². The molecule has 94 valence electrons. The van der Waals surface area contributed by atoms with Crippen LogP contribution >= 0.6 is 22.6 Å². The number of hydrogen-bond donors (Lipinski definition) is 2. The molecule has 1 unspecified atom stereocenters. The summed E-state index contributed by atoms with van der Waals surface area (Å²) in [6, 6.07) is 14.1. The minimum atomic E-state index is 0.0747. The summed E-state index contributed by atoms with van der Waals surface area (Å²) in [5, 5.41) is 13.3. The maximum absolute atomic E-state index is 9.94. The van der Waals surface area contributed by atoms with Crippen molar-refractivity contribution in [2.75, 3.05) is 5.32 Å². The highest BCUT2D eigenvalue weighted by Crippen LogP contribution is 2.27. The van der Waals surface area contributed by atoms with Gasteiger partial charge in [0.25, 0.3) is 0 Å². The molecule has 2 N–H and O–H groups in total. The number of halogens is 1. The fraction of sp³-hybridized carbons (Fsp3) is 0.200. The quantitative estimate of drug-likeness (QED) is 0.798. The van der Waals surface area contributed by atoms with E-state index >= 15 is 0 Å². The summed E-state index contributed by atoms with van der Waals surface area (Å²) in [6.45, 7) is 4.02. The molecule has 0 spiro atoms. The molecular formula is C15H16INO. The van der Waals surface area contributed by atoms with Gasteiger partial charge < -0.3 is 10.4 Å². The molecular weight excluding hydrogens is 337 g/mol. The first kappa shape index (κ1) is 13.2. The molecule has 18 heavy (non-hydrogen) atoms. The molecule has 0 radical (unpaired) electrons. The van der Waals surface area contributed by atoms with Gasteiger partial charge in [-0.2, -0.15) is 0 Å². The maximum Gasteiger partial charge on any atom is 0.121 e. The van der Waals surface area contributed by atoms with Gasteiger partial charge in [0.15, 0.2) is 0 Å². The van der Waals surface area contributed by atoms with Crippen molar-refractivity contribution < 1.29 is 5.11 Å². The van der Waals surface area contributed by atoms with Crippen LogP contribution in [0.1, 0.15) is 24.1 Å². The number of nitrogens with one attached hydrogen (secondary N) is 1.